The van der Waals surface area contributed by atoms with Crippen LogP contribution in [0.25, 0.3) is 0 Å². The van der Waals surface area contributed by atoms with Crippen molar-refractivity contribution in [3.05, 3.63) is 28.0 Å². The molecule has 0 saturated heterocycles. The summed E-state index contributed by atoms with van der Waals surface area (Å²) in [5, 5.41) is -0.0271. The second-order valence-corrected chi connectivity index (χ2v) is 3.46. The molecule has 0 spiro atoms. The molecule has 3 nitrogen and oxygen atoms in total. The summed E-state index contributed by atoms with van der Waals surface area (Å²) < 4.78 is 29.3. The maximum atomic E-state index is 12.4. The highest BCUT2D eigenvalue weighted by Crippen LogP contribution is 2.27. The zero-order valence-corrected chi connectivity index (χ0v) is 9.65. The number of rotatable bonds is 3. The number of hydrogen-bond acceptors (Lipinski definition) is 3. The second-order valence-electron chi connectivity index (χ2n) is 2.78. The Morgan fingerprint density at radius 2 is 2.25 bits per heavy atom. The molecule has 1 aromatic heterocycles. The Morgan fingerprint density at radius 1 is 1.62 bits per heavy atom. The van der Waals surface area contributed by atoms with Crippen LogP contribution in [0.15, 0.2) is 6.07 Å². The van der Waals surface area contributed by atoms with Gasteiger partial charge in [-0.1, -0.05) is 11.6 Å². The number of methoxy groups -OCH3 is 1. The molecule has 0 bridgehead atoms. The van der Waals surface area contributed by atoms with Crippen molar-refractivity contribution in [1.82, 2.24) is 4.98 Å². The quantitative estimate of drug-likeness (QED) is 0.625. The summed E-state index contributed by atoms with van der Waals surface area (Å²) in [7, 11) is 1.12. The summed E-state index contributed by atoms with van der Waals surface area (Å²) in [5.74, 6) is -0.959. The van der Waals surface area contributed by atoms with Crippen molar-refractivity contribution in [2.75, 3.05) is 7.11 Å². The summed E-state index contributed by atoms with van der Waals surface area (Å²) >= 11 is 11.3. The van der Waals surface area contributed by atoms with Crippen LogP contribution < -0.4 is 0 Å². The van der Waals surface area contributed by atoms with Crippen molar-refractivity contribution < 1.29 is 18.3 Å². The first-order valence-electron chi connectivity index (χ1n) is 4.13. The number of carbonyl (C=O) groups is 1. The predicted octanol–water partition coefficient (Wildman–Crippen LogP) is 3.20. The third-order valence-electron chi connectivity index (χ3n) is 1.83. The Labute approximate surface area is 100 Å². The summed E-state index contributed by atoms with van der Waals surface area (Å²) in [6.45, 7) is 0. The van der Waals surface area contributed by atoms with Crippen LogP contribution >= 0.6 is 23.2 Å². The van der Waals surface area contributed by atoms with Gasteiger partial charge in [-0.2, -0.15) is 0 Å². The molecule has 88 valence electrons. The van der Waals surface area contributed by atoms with E-state index in [0.717, 1.165) is 13.2 Å². The van der Waals surface area contributed by atoms with E-state index in [0.29, 0.717) is 0 Å². The van der Waals surface area contributed by atoms with Crippen LogP contribution in [-0.2, 0) is 10.6 Å². The van der Waals surface area contributed by atoms with Crippen molar-refractivity contribution >= 4 is 29.2 Å². The van der Waals surface area contributed by atoms with Crippen LogP contribution in [-0.4, -0.2) is 18.1 Å². The molecule has 0 radical (unpaired) electrons. The predicted molar refractivity (Wildman–Crippen MR) is 55.1 cm³/mol. The first-order valence-corrected chi connectivity index (χ1v) is 5.04. The number of esters is 1. The summed E-state index contributed by atoms with van der Waals surface area (Å²) in [6, 6.07) is 0.983. The van der Waals surface area contributed by atoms with E-state index in [9.17, 15) is 13.6 Å². The fourth-order valence-corrected chi connectivity index (χ4v) is 1.67. The van der Waals surface area contributed by atoms with Gasteiger partial charge in [0.05, 0.1) is 13.0 Å². The second kappa shape index (κ2) is 5.41. The molecule has 0 aliphatic rings. The molecule has 1 rings (SSSR count). The Hall–Kier alpha value is -0.940. The zero-order valence-electron chi connectivity index (χ0n) is 8.14. The van der Waals surface area contributed by atoms with E-state index >= 15 is 0 Å². The Balaban J connectivity index is 3.36. The topological polar surface area (TPSA) is 39.2 Å². The molecule has 0 atom stereocenters. The standard InChI is InChI=1S/C9H7Cl2F2NO2/c1-16-9(15)7-4(3-10)5(11)2-6(14-7)8(12)13/h2,8H,3H2,1H3. The highest BCUT2D eigenvalue weighted by Gasteiger charge is 2.21. The normalized spacial score (nSPS) is 10.6. The van der Waals surface area contributed by atoms with Crippen molar-refractivity contribution in [2.24, 2.45) is 0 Å². The number of halogens is 4. The molecule has 0 saturated carbocycles. The van der Waals surface area contributed by atoms with E-state index in [2.05, 4.69) is 9.72 Å². The highest BCUT2D eigenvalue weighted by molar-refractivity contribution is 6.32. The third-order valence-corrected chi connectivity index (χ3v) is 2.43. The molecule has 0 amide bonds. The molecular formula is C9H7Cl2F2NO2. The van der Waals surface area contributed by atoms with Crippen LogP contribution in [0.5, 0.6) is 0 Å². The average Bonchev–Trinajstić information content (AvgIpc) is 2.26. The molecule has 7 heteroatoms. The number of aromatic nitrogens is 1. The molecule has 0 aliphatic heterocycles. The summed E-state index contributed by atoms with van der Waals surface area (Å²) in [6.07, 6.45) is -2.81. The van der Waals surface area contributed by atoms with Crippen molar-refractivity contribution in [2.45, 2.75) is 12.3 Å². The fourth-order valence-electron chi connectivity index (χ4n) is 1.06. The highest BCUT2D eigenvalue weighted by atomic mass is 35.5. The molecule has 0 aliphatic carbocycles. The first kappa shape index (κ1) is 13.1. The molecule has 1 aromatic rings. The van der Waals surface area contributed by atoms with Crippen molar-refractivity contribution in [3.63, 3.8) is 0 Å². The van der Waals surface area contributed by atoms with Crippen LogP contribution in [0.4, 0.5) is 8.78 Å². The monoisotopic (exact) mass is 269 g/mol. The molecule has 1 heterocycles. The lowest BCUT2D eigenvalue weighted by atomic mass is 10.2. The molecule has 0 unspecified atom stereocenters. The summed E-state index contributed by atoms with van der Waals surface area (Å²) in [5.41, 5.74) is -0.681. The Morgan fingerprint density at radius 3 is 2.69 bits per heavy atom. The Kier molecular flexibility index (Phi) is 4.44. The lowest BCUT2D eigenvalue weighted by molar-refractivity contribution is 0.0591. The van der Waals surface area contributed by atoms with E-state index in [1.54, 1.807) is 0 Å². The van der Waals surface area contributed by atoms with Gasteiger partial charge in [0.25, 0.3) is 6.43 Å². The minimum Gasteiger partial charge on any atom is -0.464 e. The van der Waals surface area contributed by atoms with E-state index in [1.807, 2.05) is 0 Å². The number of ether oxygens (including phenoxy) is 1. The van der Waals surface area contributed by atoms with E-state index in [1.165, 1.54) is 0 Å². The van der Waals surface area contributed by atoms with Gasteiger partial charge in [-0.15, -0.1) is 11.6 Å². The van der Waals surface area contributed by atoms with Gasteiger partial charge in [-0.25, -0.2) is 18.6 Å². The van der Waals surface area contributed by atoms with Crippen LogP contribution in [0.1, 0.15) is 28.2 Å². The number of carbonyl (C=O) groups excluding carboxylic acids is 1. The zero-order chi connectivity index (χ0) is 12.3. The lowest BCUT2D eigenvalue weighted by Gasteiger charge is -2.09. The van der Waals surface area contributed by atoms with E-state index in [-0.39, 0.29) is 22.2 Å². The van der Waals surface area contributed by atoms with Gasteiger partial charge < -0.3 is 4.74 Å². The maximum Gasteiger partial charge on any atom is 0.357 e. The van der Waals surface area contributed by atoms with Crippen LogP contribution in [0.3, 0.4) is 0 Å². The molecule has 0 fully saturated rings. The van der Waals surface area contributed by atoms with Gasteiger partial charge in [-0.3, -0.25) is 0 Å². The molecule has 0 N–H and O–H groups in total. The average molecular weight is 270 g/mol. The van der Waals surface area contributed by atoms with Gasteiger partial charge in [0.2, 0.25) is 0 Å². The smallest absolute Gasteiger partial charge is 0.357 e. The number of alkyl halides is 3. The van der Waals surface area contributed by atoms with Gasteiger partial charge in [0.15, 0.2) is 5.69 Å². The molecule has 16 heavy (non-hydrogen) atoms. The largest absolute Gasteiger partial charge is 0.464 e. The molecular weight excluding hydrogens is 263 g/mol. The number of hydrogen-bond donors (Lipinski definition) is 0. The number of pyridine rings is 1. The third kappa shape index (κ3) is 2.59. The van der Waals surface area contributed by atoms with Crippen LogP contribution in [0, 0.1) is 0 Å². The van der Waals surface area contributed by atoms with Crippen molar-refractivity contribution in [3.8, 4) is 0 Å². The number of nitrogens with zero attached hydrogens (tertiary/aromatic N) is 1. The minimum absolute atomic E-state index is 0.0271. The van der Waals surface area contributed by atoms with E-state index < -0.39 is 18.1 Å². The lowest BCUT2D eigenvalue weighted by Crippen LogP contribution is -2.10. The van der Waals surface area contributed by atoms with Gasteiger partial charge in [0.1, 0.15) is 5.69 Å². The first-order chi connectivity index (χ1) is 7.51. The maximum absolute atomic E-state index is 12.4. The fraction of sp³-hybridized carbons (Fsp3) is 0.333. The van der Waals surface area contributed by atoms with Gasteiger partial charge in [-0.05, 0) is 6.07 Å². The van der Waals surface area contributed by atoms with Gasteiger partial charge in [0, 0.05) is 10.6 Å². The summed E-state index contributed by atoms with van der Waals surface area (Å²) in [4.78, 5) is 14.8. The van der Waals surface area contributed by atoms with E-state index in [4.69, 9.17) is 23.2 Å². The Bertz CT molecular complexity index is 413. The van der Waals surface area contributed by atoms with Crippen LogP contribution in [0.2, 0.25) is 5.02 Å². The van der Waals surface area contributed by atoms with Gasteiger partial charge >= 0.3 is 5.97 Å². The van der Waals surface area contributed by atoms with Crippen molar-refractivity contribution in [1.29, 1.82) is 0 Å². The minimum atomic E-state index is -2.81. The SMILES string of the molecule is COC(=O)c1nc(C(F)F)cc(Cl)c1CCl. The molecule has 0 aromatic carbocycles.